The van der Waals surface area contributed by atoms with E-state index in [0.29, 0.717) is 38.8 Å². The molecule has 138 valence electrons. The third-order valence-electron chi connectivity index (χ3n) is 3.78. The molecule has 1 heterocycles. The number of methoxy groups -OCH3 is 1. The SMILES string of the molecule is COc1cc(Oc2ccc(C(C)=O)cc2)c(Br)cc1Oc1cncc(C)c1. The van der Waals surface area contributed by atoms with Gasteiger partial charge in [0.15, 0.2) is 17.3 Å². The molecule has 0 saturated heterocycles. The van der Waals surface area contributed by atoms with Crippen LogP contribution in [0.25, 0.3) is 0 Å². The molecular formula is C21H18BrNO4. The van der Waals surface area contributed by atoms with E-state index in [-0.39, 0.29) is 5.78 Å². The summed E-state index contributed by atoms with van der Waals surface area (Å²) in [6.45, 7) is 3.47. The van der Waals surface area contributed by atoms with E-state index >= 15 is 0 Å². The molecule has 0 fully saturated rings. The summed E-state index contributed by atoms with van der Waals surface area (Å²) in [5, 5.41) is 0. The minimum Gasteiger partial charge on any atom is -0.493 e. The summed E-state index contributed by atoms with van der Waals surface area (Å²) >= 11 is 3.50. The van der Waals surface area contributed by atoms with Crippen molar-refractivity contribution in [1.29, 1.82) is 0 Å². The molecule has 0 spiro atoms. The quantitative estimate of drug-likeness (QED) is 0.455. The number of rotatable bonds is 6. The van der Waals surface area contributed by atoms with Crippen molar-refractivity contribution in [2.45, 2.75) is 13.8 Å². The number of pyridine rings is 1. The lowest BCUT2D eigenvalue weighted by Gasteiger charge is -2.14. The van der Waals surface area contributed by atoms with Crippen LogP contribution in [0.4, 0.5) is 0 Å². The summed E-state index contributed by atoms with van der Waals surface area (Å²) in [6.07, 6.45) is 3.40. The van der Waals surface area contributed by atoms with Crippen LogP contribution in [0.2, 0.25) is 0 Å². The molecule has 0 bridgehead atoms. The van der Waals surface area contributed by atoms with Gasteiger partial charge in [-0.25, -0.2) is 0 Å². The van der Waals surface area contributed by atoms with Gasteiger partial charge in [0.25, 0.3) is 0 Å². The normalized spacial score (nSPS) is 10.4. The number of aromatic nitrogens is 1. The van der Waals surface area contributed by atoms with Gasteiger partial charge in [-0.3, -0.25) is 9.78 Å². The van der Waals surface area contributed by atoms with E-state index in [1.165, 1.54) is 6.92 Å². The Kier molecular flexibility index (Phi) is 5.76. The Hall–Kier alpha value is -2.86. The molecule has 0 aliphatic carbocycles. The van der Waals surface area contributed by atoms with Crippen LogP contribution in [-0.4, -0.2) is 17.9 Å². The molecule has 0 unspecified atom stereocenters. The van der Waals surface area contributed by atoms with Gasteiger partial charge < -0.3 is 14.2 Å². The molecule has 6 heteroatoms. The van der Waals surface area contributed by atoms with Gasteiger partial charge in [-0.1, -0.05) is 0 Å². The highest BCUT2D eigenvalue weighted by molar-refractivity contribution is 9.10. The van der Waals surface area contributed by atoms with E-state index in [2.05, 4.69) is 20.9 Å². The minimum absolute atomic E-state index is 0.0107. The van der Waals surface area contributed by atoms with Gasteiger partial charge in [0, 0.05) is 23.9 Å². The largest absolute Gasteiger partial charge is 0.493 e. The Morgan fingerprint density at radius 2 is 1.63 bits per heavy atom. The predicted octanol–water partition coefficient (Wildman–Crippen LogP) is 5.95. The minimum atomic E-state index is 0.0107. The monoisotopic (exact) mass is 427 g/mol. The van der Waals surface area contributed by atoms with Crippen molar-refractivity contribution in [3.05, 3.63) is 70.5 Å². The Balaban J connectivity index is 1.86. The van der Waals surface area contributed by atoms with Crippen molar-refractivity contribution in [2.75, 3.05) is 7.11 Å². The van der Waals surface area contributed by atoms with Gasteiger partial charge in [-0.05, 0) is 65.7 Å². The van der Waals surface area contributed by atoms with E-state index in [4.69, 9.17) is 14.2 Å². The molecule has 0 aliphatic rings. The third-order valence-corrected chi connectivity index (χ3v) is 4.40. The molecule has 0 aliphatic heterocycles. The van der Waals surface area contributed by atoms with Gasteiger partial charge in [-0.15, -0.1) is 0 Å². The average Bonchev–Trinajstić information content (AvgIpc) is 2.64. The molecule has 0 atom stereocenters. The molecule has 3 rings (SSSR count). The smallest absolute Gasteiger partial charge is 0.170 e. The average molecular weight is 428 g/mol. The Morgan fingerprint density at radius 3 is 2.26 bits per heavy atom. The lowest BCUT2D eigenvalue weighted by atomic mass is 10.1. The van der Waals surface area contributed by atoms with Crippen molar-refractivity contribution >= 4 is 21.7 Å². The molecule has 0 saturated carbocycles. The second kappa shape index (κ2) is 8.22. The molecule has 27 heavy (non-hydrogen) atoms. The first kappa shape index (κ1) is 18.9. The van der Waals surface area contributed by atoms with Crippen LogP contribution in [0.5, 0.6) is 28.7 Å². The molecule has 0 radical (unpaired) electrons. The molecule has 0 amide bonds. The van der Waals surface area contributed by atoms with Crippen LogP contribution in [-0.2, 0) is 0 Å². The molecule has 2 aromatic carbocycles. The summed E-state index contributed by atoms with van der Waals surface area (Å²) < 4.78 is 17.9. The van der Waals surface area contributed by atoms with Crippen molar-refractivity contribution in [1.82, 2.24) is 4.98 Å². The van der Waals surface area contributed by atoms with Crippen LogP contribution in [0.1, 0.15) is 22.8 Å². The number of carbonyl (C=O) groups is 1. The number of nitrogens with zero attached hydrogens (tertiary/aromatic N) is 1. The summed E-state index contributed by atoms with van der Waals surface area (Å²) in [6, 6.07) is 12.4. The number of hydrogen-bond acceptors (Lipinski definition) is 5. The van der Waals surface area contributed by atoms with Crippen LogP contribution >= 0.6 is 15.9 Å². The highest BCUT2D eigenvalue weighted by Crippen LogP contribution is 2.41. The Bertz CT molecular complexity index is 970. The zero-order valence-electron chi connectivity index (χ0n) is 15.2. The summed E-state index contributed by atoms with van der Waals surface area (Å²) in [4.78, 5) is 15.5. The zero-order valence-corrected chi connectivity index (χ0v) is 16.7. The second-order valence-corrected chi connectivity index (χ2v) is 6.77. The lowest BCUT2D eigenvalue weighted by Crippen LogP contribution is -1.95. The van der Waals surface area contributed by atoms with Crippen molar-refractivity contribution in [2.24, 2.45) is 0 Å². The van der Waals surface area contributed by atoms with E-state index in [0.717, 1.165) is 5.56 Å². The van der Waals surface area contributed by atoms with Crippen molar-refractivity contribution in [3.63, 3.8) is 0 Å². The van der Waals surface area contributed by atoms with E-state index in [1.54, 1.807) is 55.9 Å². The highest BCUT2D eigenvalue weighted by atomic mass is 79.9. The number of Topliss-reactive ketones (excluding diaryl/α,β-unsaturated/α-hetero) is 1. The standard InChI is InChI=1S/C21H18BrNO4/c1-13-8-17(12-23-11-13)27-21-9-18(22)19(10-20(21)25-3)26-16-6-4-15(5-7-16)14(2)24/h4-12H,1-3H3. The third kappa shape index (κ3) is 4.65. The summed E-state index contributed by atoms with van der Waals surface area (Å²) in [7, 11) is 1.57. The maximum atomic E-state index is 11.4. The lowest BCUT2D eigenvalue weighted by molar-refractivity contribution is 0.101. The molecular weight excluding hydrogens is 410 g/mol. The summed E-state index contributed by atoms with van der Waals surface area (Å²) in [5.74, 6) is 2.87. The maximum absolute atomic E-state index is 11.4. The van der Waals surface area contributed by atoms with E-state index in [9.17, 15) is 4.79 Å². The molecule has 5 nitrogen and oxygen atoms in total. The van der Waals surface area contributed by atoms with Crippen molar-refractivity contribution in [3.8, 4) is 28.7 Å². The predicted molar refractivity (Wildman–Crippen MR) is 106 cm³/mol. The number of benzene rings is 2. The first-order valence-electron chi connectivity index (χ1n) is 8.22. The van der Waals surface area contributed by atoms with Gasteiger partial charge in [-0.2, -0.15) is 0 Å². The number of hydrogen-bond donors (Lipinski definition) is 0. The number of aryl methyl sites for hydroxylation is 1. The second-order valence-electron chi connectivity index (χ2n) is 5.92. The summed E-state index contributed by atoms with van der Waals surface area (Å²) in [5.41, 5.74) is 1.63. The highest BCUT2D eigenvalue weighted by Gasteiger charge is 2.13. The number of ether oxygens (including phenoxy) is 3. The maximum Gasteiger partial charge on any atom is 0.170 e. The molecule has 3 aromatic rings. The van der Waals surface area contributed by atoms with Crippen LogP contribution in [0.3, 0.4) is 0 Å². The number of halogens is 1. The first-order chi connectivity index (χ1) is 13.0. The van der Waals surface area contributed by atoms with Crippen LogP contribution in [0.15, 0.2) is 59.3 Å². The topological polar surface area (TPSA) is 57.7 Å². The van der Waals surface area contributed by atoms with Gasteiger partial charge >= 0.3 is 0 Å². The fourth-order valence-electron chi connectivity index (χ4n) is 2.43. The number of carbonyl (C=O) groups excluding carboxylic acids is 1. The van der Waals surface area contributed by atoms with Crippen LogP contribution < -0.4 is 14.2 Å². The fraction of sp³-hybridized carbons (Fsp3) is 0.143. The zero-order chi connectivity index (χ0) is 19.4. The van der Waals surface area contributed by atoms with Gasteiger partial charge in [0.05, 0.1) is 17.8 Å². The van der Waals surface area contributed by atoms with Crippen LogP contribution in [0, 0.1) is 6.92 Å². The molecule has 1 aromatic heterocycles. The fourth-order valence-corrected chi connectivity index (χ4v) is 2.83. The van der Waals surface area contributed by atoms with E-state index in [1.807, 2.05) is 13.0 Å². The van der Waals surface area contributed by atoms with Crippen molar-refractivity contribution < 1.29 is 19.0 Å². The number of ketones is 1. The Labute approximate surface area is 166 Å². The van der Waals surface area contributed by atoms with Gasteiger partial charge in [0.1, 0.15) is 17.2 Å². The Morgan fingerprint density at radius 1 is 0.926 bits per heavy atom. The van der Waals surface area contributed by atoms with Gasteiger partial charge in [0.2, 0.25) is 0 Å². The van der Waals surface area contributed by atoms with E-state index < -0.39 is 0 Å². The molecule has 0 N–H and O–H groups in total. The first-order valence-corrected chi connectivity index (χ1v) is 9.01.